The Morgan fingerprint density at radius 1 is 1.22 bits per heavy atom. The van der Waals surface area contributed by atoms with Gasteiger partial charge in [0.2, 0.25) is 0 Å². The molecular weight excluding hydrogens is 234 g/mol. The fourth-order valence-corrected chi connectivity index (χ4v) is 2.06. The smallest absolute Gasteiger partial charge is 0.255 e. The number of hydrogen-bond donors (Lipinski definition) is 3. The number of hydrogen-bond acceptors (Lipinski definition) is 4. The van der Waals surface area contributed by atoms with Crippen LogP contribution in [0.3, 0.4) is 0 Å². The fraction of sp³-hybridized carbons (Fsp3) is 0.385. The molecule has 1 fully saturated rings. The van der Waals surface area contributed by atoms with Crippen molar-refractivity contribution in [3.8, 4) is 11.5 Å². The predicted octanol–water partition coefficient (Wildman–Crippen LogP) is 1.34. The van der Waals surface area contributed by atoms with Gasteiger partial charge in [0.15, 0.2) is 11.5 Å². The average molecular weight is 249 g/mol. The van der Waals surface area contributed by atoms with Gasteiger partial charge >= 0.3 is 0 Å². The summed E-state index contributed by atoms with van der Waals surface area (Å²) in [5, 5.41) is 21.7. The number of phenolic OH excluding ortho intramolecular Hbond substituents is 2. The van der Waals surface area contributed by atoms with Crippen LogP contribution in [-0.4, -0.2) is 27.9 Å². The van der Waals surface area contributed by atoms with Crippen LogP contribution in [0.25, 0.3) is 0 Å². The van der Waals surface area contributed by atoms with Crippen LogP contribution in [0.15, 0.2) is 18.2 Å². The molecule has 0 aliphatic heterocycles. The van der Waals surface area contributed by atoms with E-state index in [0.29, 0.717) is 25.7 Å². The van der Waals surface area contributed by atoms with Gasteiger partial charge in [-0.15, -0.1) is 0 Å². The minimum Gasteiger partial charge on any atom is -0.504 e. The molecule has 0 bridgehead atoms. The van der Waals surface area contributed by atoms with Crippen molar-refractivity contribution in [2.45, 2.75) is 31.7 Å². The molecule has 0 unspecified atom stereocenters. The molecule has 0 aromatic heterocycles. The second kappa shape index (κ2) is 5.08. The van der Waals surface area contributed by atoms with E-state index in [1.54, 1.807) is 0 Å². The number of nitrogens with one attached hydrogen (secondary N) is 1. The number of phenols is 2. The predicted molar refractivity (Wildman–Crippen MR) is 64.5 cm³/mol. The number of para-hydroxylation sites is 1. The largest absolute Gasteiger partial charge is 0.504 e. The van der Waals surface area contributed by atoms with Gasteiger partial charge in [-0.25, -0.2) is 0 Å². The second-order valence-corrected chi connectivity index (χ2v) is 4.46. The molecule has 3 N–H and O–H groups in total. The molecule has 1 amide bonds. The van der Waals surface area contributed by atoms with E-state index in [4.69, 9.17) is 0 Å². The van der Waals surface area contributed by atoms with Crippen molar-refractivity contribution in [3.63, 3.8) is 0 Å². The van der Waals surface area contributed by atoms with Crippen LogP contribution in [0, 0.1) is 0 Å². The molecular formula is C13H15NO4. The number of ketones is 1. The summed E-state index contributed by atoms with van der Waals surface area (Å²) in [5.41, 5.74) is 0.0481. The Balaban J connectivity index is 2.03. The SMILES string of the molecule is O=C1CCC(NC(=O)c2cccc(O)c2O)CC1. The lowest BCUT2D eigenvalue weighted by Crippen LogP contribution is -2.37. The van der Waals surface area contributed by atoms with Gasteiger partial charge in [-0.2, -0.15) is 0 Å². The number of amides is 1. The lowest BCUT2D eigenvalue weighted by Gasteiger charge is -2.22. The molecule has 2 rings (SSSR count). The zero-order valence-corrected chi connectivity index (χ0v) is 9.85. The van der Waals surface area contributed by atoms with Crippen molar-refractivity contribution in [2.75, 3.05) is 0 Å². The fourth-order valence-electron chi connectivity index (χ4n) is 2.06. The zero-order valence-electron chi connectivity index (χ0n) is 9.85. The molecule has 0 spiro atoms. The molecule has 1 aromatic carbocycles. The standard InChI is InChI=1S/C13H15NO4/c15-9-6-4-8(5-7-9)14-13(18)10-2-1-3-11(16)12(10)17/h1-3,8,16-17H,4-7H2,(H,14,18). The molecule has 1 aliphatic carbocycles. The second-order valence-electron chi connectivity index (χ2n) is 4.46. The Kier molecular flexibility index (Phi) is 3.50. The zero-order chi connectivity index (χ0) is 13.1. The number of aromatic hydroxyl groups is 2. The summed E-state index contributed by atoms with van der Waals surface area (Å²) in [6.45, 7) is 0. The van der Waals surface area contributed by atoms with Crippen molar-refractivity contribution in [3.05, 3.63) is 23.8 Å². The van der Waals surface area contributed by atoms with Gasteiger partial charge in [0.25, 0.3) is 5.91 Å². The minimum atomic E-state index is -0.428. The summed E-state index contributed by atoms with van der Waals surface area (Å²) in [7, 11) is 0. The lowest BCUT2D eigenvalue weighted by molar-refractivity contribution is -0.120. The third kappa shape index (κ3) is 2.61. The van der Waals surface area contributed by atoms with E-state index in [1.165, 1.54) is 18.2 Å². The summed E-state index contributed by atoms with van der Waals surface area (Å²) in [5.74, 6) is -0.938. The van der Waals surface area contributed by atoms with Crippen LogP contribution < -0.4 is 5.32 Å². The molecule has 1 saturated carbocycles. The average Bonchev–Trinajstić information content (AvgIpc) is 2.35. The van der Waals surface area contributed by atoms with E-state index in [2.05, 4.69) is 5.32 Å². The number of carbonyl (C=O) groups excluding carboxylic acids is 2. The first-order valence-corrected chi connectivity index (χ1v) is 5.91. The lowest BCUT2D eigenvalue weighted by atomic mass is 9.94. The number of rotatable bonds is 2. The van der Waals surface area contributed by atoms with E-state index in [0.717, 1.165) is 0 Å². The van der Waals surface area contributed by atoms with E-state index < -0.39 is 11.7 Å². The van der Waals surface area contributed by atoms with Gasteiger partial charge in [0.1, 0.15) is 5.78 Å². The Bertz CT molecular complexity index is 474. The van der Waals surface area contributed by atoms with Gasteiger partial charge in [-0.3, -0.25) is 9.59 Å². The van der Waals surface area contributed by atoms with Gasteiger partial charge < -0.3 is 15.5 Å². The molecule has 0 saturated heterocycles. The summed E-state index contributed by atoms with van der Waals surface area (Å²) in [4.78, 5) is 23.0. The van der Waals surface area contributed by atoms with Crippen molar-refractivity contribution >= 4 is 11.7 Å². The van der Waals surface area contributed by atoms with Crippen LogP contribution in [0.1, 0.15) is 36.0 Å². The van der Waals surface area contributed by atoms with E-state index >= 15 is 0 Å². The van der Waals surface area contributed by atoms with Gasteiger partial charge in [0.05, 0.1) is 5.56 Å². The first kappa shape index (κ1) is 12.4. The van der Waals surface area contributed by atoms with Gasteiger partial charge in [0, 0.05) is 18.9 Å². The Morgan fingerprint density at radius 3 is 2.56 bits per heavy atom. The van der Waals surface area contributed by atoms with Crippen molar-refractivity contribution in [1.82, 2.24) is 5.32 Å². The van der Waals surface area contributed by atoms with Gasteiger partial charge in [-0.1, -0.05) is 6.07 Å². The third-order valence-corrected chi connectivity index (χ3v) is 3.14. The van der Waals surface area contributed by atoms with E-state index in [1.807, 2.05) is 0 Å². The highest BCUT2D eigenvalue weighted by atomic mass is 16.3. The molecule has 18 heavy (non-hydrogen) atoms. The summed E-state index contributed by atoms with van der Waals surface area (Å²) in [6.07, 6.45) is 2.22. The molecule has 0 atom stereocenters. The van der Waals surface area contributed by atoms with Gasteiger partial charge in [-0.05, 0) is 25.0 Å². The summed E-state index contributed by atoms with van der Waals surface area (Å²) < 4.78 is 0. The maximum Gasteiger partial charge on any atom is 0.255 e. The highest BCUT2D eigenvalue weighted by Crippen LogP contribution is 2.28. The topological polar surface area (TPSA) is 86.6 Å². The van der Waals surface area contributed by atoms with Crippen LogP contribution in [0.4, 0.5) is 0 Å². The monoisotopic (exact) mass is 249 g/mol. The number of carbonyl (C=O) groups is 2. The minimum absolute atomic E-state index is 0.0445. The first-order chi connectivity index (χ1) is 8.58. The summed E-state index contributed by atoms with van der Waals surface area (Å²) >= 11 is 0. The molecule has 0 radical (unpaired) electrons. The normalized spacial score (nSPS) is 16.6. The Labute approximate surface area is 104 Å². The summed E-state index contributed by atoms with van der Waals surface area (Å²) in [6, 6.07) is 4.20. The molecule has 5 nitrogen and oxygen atoms in total. The van der Waals surface area contributed by atoms with E-state index in [-0.39, 0.29) is 23.1 Å². The third-order valence-electron chi connectivity index (χ3n) is 3.14. The number of benzene rings is 1. The van der Waals surface area contributed by atoms with Crippen LogP contribution in [-0.2, 0) is 4.79 Å². The molecule has 1 aliphatic rings. The van der Waals surface area contributed by atoms with E-state index in [9.17, 15) is 19.8 Å². The Morgan fingerprint density at radius 2 is 1.89 bits per heavy atom. The Hall–Kier alpha value is -2.04. The van der Waals surface area contributed by atoms with Crippen molar-refractivity contribution in [2.24, 2.45) is 0 Å². The molecule has 1 aromatic rings. The maximum absolute atomic E-state index is 11.9. The highest BCUT2D eigenvalue weighted by Gasteiger charge is 2.22. The highest BCUT2D eigenvalue weighted by molar-refractivity contribution is 5.97. The quantitative estimate of drug-likeness (QED) is 0.690. The van der Waals surface area contributed by atoms with Crippen molar-refractivity contribution in [1.29, 1.82) is 0 Å². The van der Waals surface area contributed by atoms with Crippen molar-refractivity contribution < 1.29 is 19.8 Å². The first-order valence-electron chi connectivity index (χ1n) is 5.91. The molecule has 96 valence electrons. The molecule has 5 heteroatoms. The van der Waals surface area contributed by atoms with Crippen LogP contribution in [0.2, 0.25) is 0 Å². The molecule has 0 heterocycles. The maximum atomic E-state index is 11.9. The van der Waals surface area contributed by atoms with Crippen LogP contribution >= 0.6 is 0 Å². The number of Topliss-reactive ketones (excluding diaryl/α,β-unsaturated/α-hetero) is 1. The van der Waals surface area contributed by atoms with Crippen LogP contribution in [0.5, 0.6) is 11.5 Å².